The summed E-state index contributed by atoms with van der Waals surface area (Å²) in [7, 11) is 0. The first-order chi connectivity index (χ1) is 9.35. The van der Waals surface area contributed by atoms with Crippen LogP contribution in [0.25, 0.3) is 11.4 Å². The third-order valence-electron chi connectivity index (χ3n) is 2.25. The van der Waals surface area contributed by atoms with Gasteiger partial charge in [-0.2, -0.15) is 18.2 Å². The summed E-state index contributed by atoms with van der Waals surface area (Å²) in [4.78, 5) is 3.96. The van der Waals surface area contributed by atoms with Crippen molar-refractivity contribution in [2.45, 2.75) is 12.7 Å². The van der Waals surface area contributed by atoms with E-state index in [-0.39, 0.29) is 18.3 Å². The summed E-state index contributed by atoms with van der Waals surface area (Å²) in [5, 5.41) is 6.53. The lowest BCUT2D eigenvalue weighted by Crippen LogP contribution is -2.28. The average Bonchev–Trinajstić information content (AvgIpc) is 2.80. The lowest BCUT2D eigenvalue weighted by molar-refractivity contribution is -0.125. The highest BCUT2D eigenvalue weighted by atomic mass is 35.5. The highest BCUT2D eigenvalue weighted by Gasteiger charge is 2.26. The van der Waals surface area contributed by atoms with Crippen LogP contribution in [0.4, 0.5) is 13.2 Å². The third kappa shape index (κ3) is 4.09. The highest BCUT2D eigenvalue weighted by Crippen LogP contribution is 2.27. The Kier molecular flexibility index (Phi) is 4.52. The van der Waals surface area contributed by atoms with Gasteiger partial charge in [0.05, 0.1) is 23.1 Å². The highest BCUT2D eigenvalue weighted by molar-refractivity contribution is 6.42. The zero-order chi connectivity index (χ0) is 14.8. The van der Waals surface area contributed by atoms with Gasteiger partial charge in [0.1, 0.15) is 0 Å². The van der Waals surface area contributed by atoms with Crippen molar-refractivity contribution in [1.29, 1.82) is 0 Å². The number of nitrogens with zero attached hydrogens (tertiary/aromatic N) is 2. The van der Waals surface area contributed by atoms with Crippen LogP contribution in [0.3, 0.4) is 0 Å². The Bertz CT molecular complexity index is 601. The normalized spacial score (nSPS) is 11.8. The summed E-state index contributed by atoms with van der Waals surface area (Å²) < 4.78 is 40.7. The van der Waals surface area contributed by atoms with Gasteiger partial charge in [0.25, 0.3) is 0 Å². The second-order valence-electron chi connectivity index (χ2n) is 3.86. The first-order valence-corrected chi connectivity index (χ1v) is 6.16. The first-order valence-electron chi connectivity index (χ1n) is 5.40. The quantitative estimate of drug-likeness (QED) is 0.931. The van der Waals surface area contributed by atoms with E-state index in [9.17, 15) is 13.2 Å². The van der Waals surface area contributed by atoms with Gasteiger partial charge in [0.2, 0.25) is 11.7 Å². The predicted octanol–water partition coefficient (Wildman–Crippen LogP) is 3.70. The van der Waals surface area contributed by atoms with Crippen molar-refractivity contribution in [3.8, 4) is 11.4 Å². The van der Waals surface area contributed by atoms with E-state index in [1.54, 1.807) is 18.2 Å². The molecule has 0 unspecified atom stereocenters. The molecule has 0 saturated carbocycles. The van der Waals surface area contributed by atoms with Gasteiger partial charge < -0.3 is 9.84 Å². The Morgan fingerprint density at radius 2 is 1.95 bits per heavy atom. The molecular weight excluding hydrogens is 318 g/mol. The SMILES string of the molecule is FC(F)(F)CNCc1nc(-c2ccc(Cl)c(Cl)c2)no1. The van der Waals surface area contributed by atoms with E-state index in [2.05, 4.69) is 15.5 Å². The molecule has 0 aliphatic carbocycles. The van der Waals surface area contributed by atoms with Gasteiger partial charge in [-0.15, -0.1) is 0 Å². The lowest BCUT2D eigenvalue weighted by atomic mass is 10.2. The molecule has 0 saturated heterocycles. The largest absolute Gasteiger partial charge is 0.401 e. The number of aromatic nitrogens is 2. The Hall–Kier alpha value is -1.31. The van der Waals surface area contributed by atoms with E-state index in [1.807, 2.05) is 0 Å². The zero-order valence-electron chi connectivity index (χ0n) is 9.84. The molecule has 108 valence electrons. The third-order valence-corrected chi connectivity index (χ3v) is 2.99. The fraction of sp³-hybridized carbons (Fsp3) is 0.273. The van der Waals surface area contributed by atoms with E-state index >= 15 is 0 Å². The maximum Gasteiger partial charge on any atom is 0.401 e. The second kappa shape index (κ2) is 5.99. The molecule has 0 amide bonds. The van der Waals surface area contributed by atoms with E-state index in [1.165, 1.54) is 0 Å². The van der Waals surface area contributed by atoms with Crippen molar-refractivity contribution < 1.29 is 17.7 Å². The minimum Gasteiger partial charge on any atom is -0.338 e. The standard InChI is InChI=1S/C11H8Cl2F3N3O/c12-7-2-1-6(3-8(7)13)10-18-9(20-19-10)4-17-5-11(14,15)16/h1-3,17H,4-5H2. The maximum atomic E-state index is 12.0. The molecule has 1 aromatic heterocycles. The van der Waals surface area contributed by atoms with Crippen LogP contribution in [0.1, 0.15) is 5.89 Å². The van der Waals surface area contributed by atoms with Crippen LogP contribution in [0.2, 0.25) is 10.0 Å². The number of hydrogen-bond acceptors (Lipinski definition) is 4. The van der Waals surface area contributed by atoms with Crippen LogP contribution in [0.5, 0.6) is 0 Å². The number of nitrogens with one attached hydrogen (secondary N) is 1. The van der Waals surface area contributed by atoms with Crippen molar-refractivity contribution in [3.05, 3.63) is 34.1 Å². The molecule has 0 atom stereocenters. The zero-order valence-corrected chi connectivity index (χ0v) is 11.4. The smallest absolute Gasteiger partial charge is 0.338 e. The van der Waals surface area contributed by atoms with E-state index in [4.69, 9.17) is 27.7 Å². The molecule has 0 radical (unpaired) electrons. The van der Waals surface area contributed by atoms with Crippen molar-refractivity contribution in [2.24, 2.45) is 0 Å². The molecule has 0 aliphatic rings. The molecule has 2 rings (SSSR count). The van der Waals surface area contributed by atoms with Crippen molar-refractivity contribution in [3.63, 3.8) is 0 Å². The Morgan fingerprint density at radius 3 is 2.60 bits per heavy atom. The number of alkyl halides is 3. The Morgan fingerprint density at radius 1 is 1.20 bits per heavy atom. The number of rotatable bonds is 4. The number of halogens is 5. The monoisotopic (exact) mass is 325 g/mol. The molecule has 4 nitrogen and oxygen atoms in total. The van der Waals surface area contributed by atoms with Crippen LogP contribution in [0.15, 0.2) is 22.7 Å². The fourth-order valence-corrected chi connectivity index (χ4v) is 1.69. The van der Waals surface area contributed by atoms with E-state index in [0.717, 1.165) is 0 Å². The van der Waals surface area contributed by atoms with Crippen molar-refractivity contribution in [1.82, 2.24) is 15.5 Å². The van der Waals surface area contributed by atoms with Gasteiger partial charge in [0.15, 0.2) is 0 Å². The molecule has 20 heavy (non-hydrogen) atoms. The van der Waals surface area contributed by atoms with Gasteiger partial charge in [-0.3, -0.25) is 0 Å². The fourth-order valence-electron chi connectivity index (χ4n) is 1.39. The molecule has 0 spiro atoms. The van der Waals surface area contributed by atoms with Gasteiger partial charge >= 0.3 is 6.18 Å². The minimum absolute atomic E-state index is 0.0512. The summed E-state index contributed by atoms with van der Waals surface area (Å²) in [6.07, 6.45) is -4.29. The molecule has 2 aromatic rings. The summed E-state index contributed by atoms with van der Waals surface area (Å²) >= 11 is 11.6. The van der Waals surface area contributed by atoms with Crippen LogP contribution < -0.4 is 5.32 Å². The minimum atomic E-state index is -4.29. The first kappa shape index (κ1) is 15.1. The molecule has 0 aliphatic heterocycles. The van der Waals surface area contributed by atoms with Gasteiger partial charge in [-0.05, 0) is 18.2 Å². The topological polar surface area (TPSA) is 51.0 Å². The van der Waals surface area contributed by atoms with Crippen LogP contribution in [-0.4, -0.2) is 22.9 Å². The van der Waals surface area contributed by atoms with E-state index in [0.29, 0.717) is 15.6 Å². The maximum absolute atomic E-state index is 12.0. The molecule has 1 N–H and O–H groups in total. The summed E-state index contributed by atoms with van der Waals surface area (Å²) in [6, 6.07) is 4.74. The predicted molar refractivity (Wildman–Crippen MR) is 67.5 cm³/mol. The van der Waals surface area contributed by atoms with Crippen LogP contribution >= 0.6 is 23.2 Å². The van der Waals surface area contributed by atoms with Crippen molar-refractivity contribution >= 4 is 23.2 Å². The average molecular weight is 326 g/mol. The van der Waals surface area contributed by atoms with Crippen LogP contribution in [0, 0.1) is 0 Å². The summed E-state index contributed by atoms with van der Waals surface area (Å²) in [6.45, 7) is -1.30. The number of benzene rings is 1. The summed E-state index contributed by atoms with van der Waals surface area (Å²) in [5.74, 6) is 0.280. The Labute approximate surface area is 121 Å². The van der Waals surface area contributed by atoms with Crippen LogP contribution in [-0.2, 0) is 6.54 Å². The molecular formula is C11H8Cl2F3N3O. The van der Waals surface area contributed by atoms with Crippen molar-refractivity contribution in [2.75, 3.05) is 6.54 Å². The van der Waals surface area contributed by atoms with Gasteiger partial charge in [-0.25, -0.2) is 0 Å². The van der Waals surface area contributed by atoms with E-state index < -0.39 is 12.7 Å². The molecule has 1 aromatic carbocycles. The second-order valence-corrected chi connectivity index (χ2v) is 4.67. The summed E-state index contributed by atoms with van der Waals surface area (Å²) in [5.41, 5.74) is 0.560. The molecule has 0 bridgehead atoms. The number of hydrogen-bond donors (Lipinski definition) is 1. The molecule has 0 fully saturated rings. The van der Waals surface area contributed by atoms with Gasteiger partial charge in [0, 0.05) is 5.56 Å². The molecule has 1 heterocycles. The van der Waals surface area contributed by atoms with Gasteiger partial charge in [-0.1, -0.05) is 28.4 Å². The lowest BCUT2D eigenvalue weighted by Gasteiger charge is -2.05. The Balaban J connectivity index is 2.03. The molecule has 9 heteroatoms.